The van der Waals surface area contributed by atoms with Gasteiger partial charge in [-0.25, -0.2) is 0 Å². The van der Waals surface area contributed by atoms with Gasteiger partial charge in [-0.2, -0.15) is 0 Å². The van der Waals surface area contributed by atoms with Gasteiger partial charge in [0.2, 0.25) is 0 Å². The molecule has 3 nitrogen and oxygen atoms in total. The molecule has 0 bridgehead atoms. The fourth-order valence-electron chi connectivity index (χ4n) is 0.828. The summed E-state index contributed by atoms with van der Waals surface area (Å²) in [7, 11) is 1.62. The predicted molar refractivity (Wildman–Crippen MR) is 44.5 cm³/mol. The molecule has 0 fully saturated rings. The number of aromatic amines is 1. The molecule has 1 atom stereocenters. The summed E-state index contributed by atoms with van der Waals surface area (Å²) in [6.07, 6.45) is 3.43. The third-order valence-electron chi connectivity index (χ3n) is 1.53. The highest BCUT2D eigenvalue weighted by Gasteiger charge is 2.03. The third-order valence-corrected chi connectivity index (χ3v) is 1.53. The van der Waals surface area contributed by atoms with Crippen LogP contribution in [0, 0.1) is 0 Å². The molecule has 3 N–H and O–H groups in total. The van der Waals surface area contributed by atoms with E-state index in [1.807, 2.05) is 6.07 Å². The zero-order chi connectivity index (χ0) is 8.27. The van der Waals surface area contributed by atoms with Gasteiger partial charge < -0.3 is 15.5 Å². The van der Waals surface area contributed by atoms with E-state index in [0.29, 0.717) is 0 Å². The summed E-state index contributed by atoms with van der Waals surface area (Å²) in [5, 5.41) is 0. The third kappa shape index (κ3) is 1.62. The van der Waals surface area contributed by atoms with Crippen LogP contribution in [-0.4, -0.2) is 12.1 Å². The Morgan fingerprint density at radius 3 is 3.00 bits per heavy atom. The fraction of sp³-hybridized carbons (Fsp3) is 0.250. The topological polar surface area (TPSA) is 51.0 Å². The minimum absolute atomic E-state index is 0.140. The lowest BCUT2D eigenvalue weighted by Crippen LogP contribution is -2.06. The van der Waals surface area contributed by atoms with Crippen LogP contribution < -0.4 is 10.5 Å². The largest absolute Gasteiger partial charge is 0.495 e. The van der Waals surface area contributed by atoms with Crippen molar-refractivity contribution in [1.82, 2.24) is 4.98 Å². The quantitative estimate of drug-likeness (QED) is 0.639. The van der Waals surface area contributed by atoms with Gasteiger partial charge in [0, 0.05) is 18.0 Å². The van der Waals surface area contributed by atoms with Crippen LogP contribution in [0.15, 0.2) is 24.9 Å². The molecule has 0 aliphatic rings. The Morgan fingerprint density at radius 2 is 2.55 bits per heavy atom. The van der Waals surface area contributed by atoms with Crippen LogP contribution in [0.5, 0.6) is 5.75 Å². The second-order valence-electron chi connectivity index (χ2n) is 2.26. The molecular formula is C8H12N2O. The van der Waals surface area contributed by atoms with Crippen LogP contribution in [0.4, 0.5) is 0 Å². The summed E-state index contributed by atoms with van der Waals surface area (Å²) < 4.78 is 4.97. The highest BCUT2D eigenvalue weighted by molar-refractivity contribution is 5.26. The van der Waals surface area contributed by atoms with Gasteiger partial charge >= 0.3 is 0 Å². The first-order valence-electron chi connectivity index (χ1n) is 3.38. The average molecular weight is 152 g/mol. The van der Waals surface area contributed by atoms with Crippen molar-refractivity contribution < 1.29 is 4.74 Å². The van der Waals surface area contributed by atoms with Crippen LogP contribution in [0.1, 0.15) is 11.7 Å². The van der Waals surface area contributed by atoms with E-state index in [2.05, 4.69) is 11.6 Å². The Hall–Kier alpha value is -1.22. The van der Waals surface area contributed by atoms with E-state index in [1.54, 1.807) is 19.4 Å². The molecule has 0 radical (unpaired) electrons. The number of nitrogens with one attached hydrogen (secondary N) is 1. The van der Waals surface area contributed by atoms with E-state index in [1.165, 1.54) is 0 Å². The van der Waals surface area contributed by atoms with Crippen molar-refractivity contribution in [3.05, 3.63) is 30.6 Å². The maximum atomic E-state index is 5.66. The molecule has 1 aromatic heterocycles. The smallest absolute Gasteiger partial charge is 0.136 e. The molecule has 0 aliphatic carbocycles. The van der Waals surface area contributed by atoms with Crippen molar-refractivity contribution >= 4 is 0 Å². The fourth-order valence-corrected chi connectivity index (χ4v) is 0.828. The standard InChI is InChI=1S/C8H12N2O/c1-3-7(9)8-4-6(11-2)5-10-8/h3-5,7,10H,1,9H2,2H3/t7-/m1/s1. The number of rotatable bonds is 3. The molecule has 0 spiro atoms. The normalized spacial score (nSPS) is 12.5. The molecular weight excluding hydrogens is 140 g/mol. The number of hydrogen-bond acceptors (Lipinski definition) is 2. The van der Waals surface area contributed by atoms with E-state index < -0.39 is 0 Å². The minimum Gasteiger partial charge on any atom is -0.495 e. The molecule has 0 amide bonds. The van der Waals surface area contributed by atoms with Gasteiger partial charge in [0.05, 0.1) is 13.2 Å². The van der Waals surface area contributed by atoms with Gasteiger partial charge in [-0.15, -0.1) is 6.58 Å². The van der Waals surface area contributed by atoms with E-state index in [-0.39, 0.29) is 6.04 Å². The molecule has 0 saturated heterocycles. The van der Waals surface area contributed by atoms with Crippen molar-refractivity contribution in [3.63, 3.8) is 0 Å². The summed E-state index contributed by atoms with van der Waals surface area (Å²) in [5.74, 6) is 0.789. The Bertz CT molecular complexity index is 242. The van der Waals surface area contributed by atoms with Gasteiger partial charge in [-0.1, -0.05) is 6.08 Å². The second kappa shape index (κ2) is 3.25. The zero-order valence-corrected chi connectivity index (χ0v) is 6.50. The number of H-pyrrole nitrogens is 1. The van der Waals surface area contributed by atoms with Crippen molar-refractivity contribution in [1.29, 1.82) is 0 Å². The van der Waals surface area contributed by atoms with Crippen molar-refractivity contribution in [2.75, 3.05) is 7.11 Å². The van der Waals surface area contributed by atoms with Gasteiger partial charge in [0.15, 0.2) is 0 Å². The van der Waals surface area contributed by atoms with Crippen LogP contribution in [0.3, 0.4) is 0 Å². The Kier molecular flexibility index (Phi) is 2.33. The van der Waals surface area contributed by atoms with Crippen LogP contribution in [-0.2, 0) is 0 Å². The van der Waals surface area contributed by atoms with Gasteiger partial charge in [0.1, 0.15) is 5.75 Å². The maximum Gasteiger partial charge on any atom is 0.136 e. The van der Waals surface area contributed by atoms with Crippen molar-refractivity contribution in [2.45, 2.75) is 6.04 Å². The van der Waals surface area contributed by atoms with E-state index in [0.717, 1.165) is 11.4 Å². The number of aromatic nitrogens is 1. The van der Waals surface area contributed by atoms with Gasteiger partial charge in [-0.05, 0) is 0 Å². The first kappa shape index (κ1) is 7.88. The molecule has 0 aliphatic heterocycles. The summed E-state index contributed by atoms with van der Waals surface area (Å²) in [6, 6.07) is 1.71. The van der Waals surface area contributed by atoms with E-state index in [9.17, 15) is 0 Å². The first-order chi connectivity index (χ1) is 5.27. The molecule has 3 heteroatoms. The van der Waals surface area contributed by atoms with Crippen LogP contribution >= 0.6 is 0 Å². The number of hydrogen-bond donors (Lipinski definition) is 2. The maximum absolute atomic E-state index is 5.66. The SMILES string of the molecule is C=C[C@@H](N)c1cc(OC)c[nH]1. The molecule has 0 unspecified atom stereocenters. The van der Waals surface area contributed by atoms with Crippen molar-refractivity contribution in [2.24, 2.45) is 5.73 Å². The lowest BCUT2D eigenvalue weighted by molar-refractivity contribution is 0.415. The highest BCUT2D eigenvalue weighted by Crippen LogP contribution is 2.16. The second-order valence-corrected chi connectivity index (χ2v) is 2.26. The number of methoxy groups -OCH3 is 1. The lowest BCUT2D eigenvalue weighted by Gasteiger charge is -2.00. The molecule has 1 rings (SSSR count). The van der Waals surface area contributed by atoms with E-state index in [4.69, 9.17) is 10.5 Å². The summed E-state index contributed by atoms with van der Waals surface area (Å²) in [6.45, 7) is 3.59. The molecule has 1 aromatic rings. The van der Waals surface area contributed by atoms with Gasteiger partial charge in [0.25, 0.3) is 0 Å². The lowest BCUT2D eigenvalue weighted by atomic mass is 10.2. The average Bonchev–Trinajstić information content (AvgIpc) is 2.50. The molecule has 0 aromatic carbocycles. The van der Waals surface area contributed by atoms with Crippen molar-refractivity contribution in [3.8, 4) is 5.75 Å². The highest BCUT2D eigenvalue weighted by atomic mass is 16.5. The van der Waals surface area contributed by atoms with Crippen LogP contribution in [0.2, 0.25) is 0 Å². The van der Waals surface area contributed by atoms with Gasteiger partial charge in [-0.3, -0.25) is 0 Å². The monoisotopic (exact) mass is 152 g/mol. The number of ether oxygens (including phenoxy) is 1. The molecule has 0 saturated carbocycles. The first-order valence-corrected chi connectivity index (χ1v) is 3.38. The van der Waals surface area contributed by atoms with E-state index >= 15 is 0 Å². The molecule has 60 valence electrons. The summed E-state index contributed by atoms with van der Waals surface area (Å²) in [4.78, 5) is 2.99. The molecule has 11 heavy (non-hydrogen) atoms. The Balaban J connectivity index is 2.79. The zero-order valence-electron chi connectivity index (χ0n) is 6.50. The molecule has 1 heterocycles. The Labute approximate surface area is 65.9 Å². The predicted octanol–water partition coefficient (Wildman–Crippen LogP) is 1.21. The minimum atomic E-state index is -0.140. The number of nitrogens with two attached hydrogens (primary N) is 1. The van der Waals surface area contributed by atoms with Crippen LogP contribution in [0.25, 0.3) is 0 Å². The summed E-state index contributed by atoms with van der Waals surface area (Å²) in [5.41, 5.74) is 6.57. The Morgan fingerprint density at radius 1 is 1.82 bits per heavy atom. The summed E-state index contributed by atoms with van der Waals surface area (Å²) >= 11 is 0.